The highest BCUT2D eigenvalue weighted by atomic mass is 35.5. The maximum absolute atomic E-state index is 12.5. The largest absolute Gasteiger partial charge is 0.484 e. The van der Waals surface area contributed by atoms with E-state index in [9.17, 15) is 4.79 Å². The molecule has 0 saturated carbocycles. The number of hydrogen-bond acceptors (Lipinski definition) is 7. The van der Waals surface area contributed by atoms with Crippen LogP contribution < -0.4 is 4.74 Å². The molecule has 0 spiro atoms. The molecule has 8 nitrogen and oxygen atoms in total. The van der Waals surface area contributed by atoms with Crippen LogP contribution in [0.4, 0.5) is 0 Å². The summed E-state index contributed by atoms with van der Waals surface area (Å²) in [6.45, 7) is 5.02. The Hall–Kier alpha value is -3.00. The number of halogens is 1. The highest BCUT2D eigenvalue weighted by molar-refractivity contribution is 6.31. The summed E-state index contributed by atoms with van der Waals surface area (Å²) in [5.41, 5.74) is 2.30. The van der Waals surface area contributed by atoms with Crippen molar-refractivity contribution in [1.82, 2.24) is 25.0 Å². The number of rotatable bonds is 5. The minimum Gasteiger partial charge on any atom is -0.484 e. The predicted molar refractivity (Wildman–Crippen MR) is 110 cm³/mol. The number of piperidine rings is 1. The molecule has 0 N–H and O–H groups in total. The van der Waals surface area contributed by atoms with Gasteiger partial charge in [-0.25, -0.2) is 4.98 Å². The molecule has 0 bridgehead atoms. The van der Waals surface area contributed by atoms with Crippen molar-refractivity contribution < 1.29 is 14.1 Å². The van der Waals surface area contributed by atoms with Crippen LogP contribution in [0.5, 0.6) is 5.75 Å². The zero-order valence-corrected chi connectivity index (χ0v) is 17.6. The summed E-state index contributed by atoms with van der Waals surface area (Å²) in [5.74, 6) is 1.75. The van der Waals surface area contributed by atoms with E-state index >= 15 is 0 Å². The van der Waals surface area contributed by atoms with Crippen molar-refractivity contribution >= 4 is 17.5 Å². The van der Waals surface area contributed by atoms with Gasteiger partial charge in [-0.1, -0.05) is 16.8 Å². The number of likely N-dealkylation sites (tertiary alicyclic amines) is 1. The first-order chi connectivity index (χ1) is 14.5. The summed E-state index contributed by atoms with van der Waals surface area (Å²) in [7, 11) is 0. The molecular formula is C21H22ClN5O3. The quantitative estimate of drug-likeness (QED) is 0.614. The van der Waals surface area contributed by atoms with Gasteiger partial charge < -0.3 is 14.2 Å². The normalized spacial score (nSPS) is 14.7. The van der Waals surface area contributed by atoms with Crippen LogP contribution in [0.15, 0.2) is 35.1 Å². The van der Waals surface area contributed by atoms with Gasteiger partial charge in [0.2, 0.25) is 0 Å². The molecule has 0 radical (unpaired) electrons. The highest BCUT2D eigenvalue weighted by Crippen LogP contribution is 2.28. The molecule has 30 heavy (non-hydrogen) atoms. The molecule has 3 heterocycles. The lowest BCUT2D eigenvalue weighted by Crippen LogP contribution is -2.40. The molecular weight excluding hydrogens is 406 g/mol. The molecule has 1 fully saturated rings. The van der Waals surface area contributed by atoms with Crippen molar-refractivity contribution in [1.29, 1.82) is 0 Å². The van der Waals surface area contributed by atoms with Crippen LogP contribution >= 0.6 is 11.6 Å². The Kier molecular flexibility index (Phi) is 5.94. The van der Waals surface area contributed by atoms with Crippen molar-refractivity contribution in [3.05, 3.63) is 52.7 Å². The molecule has 0 atom stereocenters. The Labute approximate surface area is 179 Å². The van der Waals surface area contributed by atoms with E-state index in [1.54, 1.807) is 24.5 Å². The second-order valence-corrected chi connectivity index (χ2v) is 7.76. The fraction of sp³-hybridized carbons (Fsp3) is 0.381. The van der Waals surface area contributed by atoms with Gasteiger partial charge in [0.15, 0.2) is 12.4 Å². The molecule has 1 amide bonds. The third-order valence-electron chi connectivity index (χ3n) is 5.15. The molecule has 3 aromatic rings. The maximum Gasteiger partial charge on any atom is 0.278 e. The fourth-order valence-corrected chi connectivity index (χ4v) is 3.46. The monoisotopic (exact) mass is 427 g/mol. The third kappa shape index (κ3) is 4.59. The van der Waals surface area contributed by atoms with Crippen molar-refractivity contribution in [2.24, 2.45) is 0 Å². The average Bonchev–Trinajstić information content (AvgIpc) is 3.25. The molecule has 0 aliphatic carbocycles. The lowest BCUT2D eigenvalue weighted by atomic mass is 9.96. The van der Waals surface area contributed by atoms with Gasteiger partial charge in [0, 0.05) is 30.2 Å². The van der Waals surface area contributed by atoms with E-state index in [0.29, 0.717) is 41.3 Å². The van der Waals surface area contributed by atoms with Crippen molar-refractivity contribution in [2.75, 3.05) is 19.7 Å². The van der Waals surface area contributed by atoms with Crippen LogP contribution in [-0.2, 0) is 4.79 Å². The van der Waals surface area contributed by atoms with Gasteiger partial charge >= 0.3 is 0 Å². The van der Waals surface area contributed by atoms with Crippen LogP contribution in [0.2, 0.25) is 5.02 Å². The van der Waals surface area contributed by atoms with E-state index in [1.165, 1.54) is 0 Å². The van der Waals surface area contributed by atoms with Crippen LogP contribution in [-0.4, -0.2) is 50.6 Å². The number of amides is 1. The van der Waals surface area contributed by atoms with Gasteiger partial charge in [0.1, 0.15) is 11.4 Å². The van der Waals surface area contributed by atoms with Gasteiger partial charge in [-0.05, 0) is 50.5 Å². The summed E-state index contributed by atoms with van der Waals surface area (Å²) in [4.78, 5) is 27.2. The second kappa shape index (κ2) is 8.79. The van der Waals surface area contributed by atoms with Crippen LogP contribution in [0.25, 0.3) is 11.6 Å². The molecule has 1 aromatic carbocycles. The number of benzene rings is 1. The zero-order valence-electron chi connectivity index (χ0n) is 16.8. The number of aryl methyl sites for hydroxylation is 2. The first-order valence-corrected chi connectivity index (χ1v) is 10.2. The maximum atomic E-state index is 12.5. The second-order valence-electron chi connectivity index (χ2n) is 7.36. The van der Waals surface area contributed by atoms with Gasteiger partial charge in [-0.15, -0.1) is 0 Å². The molecule has 0 unspecified atom stereocenters. The van der Waals surface area contributed by atoms with E-state index in [2.05, 4.69) is 20.1 Å². The Bertz CT molecular complexity index is 1030. The summed E-state index contributed by atoms with van der Waals surface area (Å²) in [6, 6.07) is 5.36. The standard InChI is InChI=1S/C21H22ClN5O3/c1-13-9-16(3-4-17(13)22)29-12-19(28)27-7-5-15(6-8-27)20-25-21(30-26-20)18-11-23-14(2)10-24-18/h3-4,9-11,15H,5-8,12H2,1-2H3. The number of aromatic nitrogens is 4. The summed E-state index contributed by atoms with van der Waals surface area (Å²) < 4.78 is 11.0. The molecule has 1 aliphatic rings. The Morgan fingerprint density at radius 1 is 1.23 bits per heavy atom. The van der Waals surface area contributed by atoms with Crippen LogP contribution in [0, 0.1) is 13.8 Å². The van der Waals surface area contributed by atoms with E-state index in [0.717, 1.165) is 24.1 Å². The highest BCUT2D eigenvalue weighted by Gasteiger charge is 2.27. The molecule has 1 saturated heterocycles. The van der Waals surface area contributed by atoms with E-state index in [1.807, 2.05) is 24.8 Å². The third-order valence-corrected chi connectivity index (χ3v) is 5.57. The fourth-order valence-electron chi connectivity index (χ4n) is 3.34. The SMILES string of the molecule is Cc1cnc(-c2nc(C3CCN(C(=O)COc4ccc(Cl)c(C)c4)CC3)no2)cn1. The minimum absolute atomic E-state index is 0.00416. The van der Waals surface area contributed by atoms with Crippen molar-refractivity contribution in [3.8, 4) is 17.3 Å². The van der Waals surface area contributed by atoms with E-state index in [-0.39, 0.29) is 18.4 Å². The van der Waals surface area contributed by atoms with Crippen molar-refractivity contribution in [2.45, 2.75) is 32.6 Å². The smallest absolute Gasteiger partial charge is 0.278 e. The Morgan fingerprint density at radius 2 is 2.03 bits per heavy atom. The number of carbonyl (C=O) groups is 1. The topological polar surface area (TPSA) is 94.2 Å². The summed E-state index contributed by atoms with van der Waals surface area (Å²) in [5, 5.41) is 4.78. The molecule has 1 aliphatic heterocycles. The van der Waals surface area contributed by atoms with Gasteiger partial charge in [-0.2, -0.15) is 4.98 Å². The number of hydrogen-bond donors (Lipinski definition) is 0. The van der Waals surface area contributed by atoms with E-state index < -0.39 is 0 Å². The Balaban J connectivity index is 1.29. The first-order valence-electron chi connectivity index (χ1n) is 9.79. The van der Waals surface area contributed by atoms with Gasteiger partial charge in [0.25, 0.3) is 11.8 Å². The number of nitrogens with zero attached hydrogens (tertiary/aromatic N) is 5. The van der Waals surface area contributed by atoms with Gasteiger partial charge in [-0.3, -0.25) is 9.78 Å². The summed E-state index contributed by atoms with van der Waals surface area (Å²) in [6.07, 6.45) is 4.82. The average molecular weight is 428 g/mol. The number of carbonyl (C=O) groups excluding carboxylic acids is 1. The lowest BCUT2D eigenvalue weighted by Gasteiger charge is -2.30. The van der Waals surface area contributed by atoms with E-state index in [4.69, 9.17) is 20.9 Å². The van der Waals surface area contributed by atoms with Crippen LogP contribution in [0.3, 0.4) is 0 Å². The lowest BCUT2D eigenvalue weighted by molar-refractivity contribution is -0.134. The minimum atomic E-state index is -0.0372. The molecule has 4 rings (SSSR count). The van der Waals surface area contributed by atoms with Crippen molar-refractivity contribution in [3.63, 3.8) is 0 Å². The van der Waals surface area contributed by atoms with Crippen LogP contribution in [0.1, 0.15) is 35.8 Å². The molecule has 2 aromatic heterocycles. The zero-order chi connectivity index (χ0) is 21.1. The predicted octanol–water partition coefficient (Wildman–Crippen LogP) is 3.58. The summed E-state index contributed by atoms with van der Waals surface area (Å²) >= 11 is 6.02. The first kappa shape index (κ1) is 20.3. The van der Waals surface area contributed by atoms with Gasteiger partial charge in [0.05, 0.1) is 11.9 Å². The number of ether oxygens (including phenoxy) is 1. The Morgan fingerprint density at radius 3 is 2.73 bits per heavy atom. The molecule has 9 heteroatoms. The molecule has 156 valence electrons.